The Bertz CT molecular complexity index is 664. The molecule has 0 spiro atoms. The van der Waals surface area contributed by atoms with E-state index in [0.717, 1.165) is 21.9 Å². The van der Waals surface area contributed by atoms with Crippen LogP contribution in [0.25, 0.3) is 0 Å². The Morgan fingerprint density at radius 3 is 2.76 bits per heavy atom. The van der Waals surface area contributed by atoms with Gasteiger partial charge in [-0.25, -0.2) is 0 Å². The van der Waals surface area contributed by atoms with Gasteiger partial charge in [0.25, 0.3) is 0 Å². The summed E-state index contributed by atoms with van der Waals surface area (Å²) in [5.74, 6) is 0.778. The molecule has 0 radical (unpaired) electrons. The highest BCUT2D eigenvalue weighted by Gasteiger charge is 2.09. The summed E-state index contributed by atoms with van der Waals surface area (Å²) in [5, 5.41) is 13.1. The van der Waals surface area contributed by atoms with Crippen LogP contribution in [0.2, 0.25) is 5.02 Å². The van der Waals surface area contributed by atoms with E-state index < -0.39 is 0 Å². The van der Waals surface area contributed by atoms with Crippen LogP contribution in [0, 0.1) is 11.3 Å². The summed E-state index contributed by atoms with van der Waals surface area (Å²) in [6.07, 6.45) is 0. The van der Waals surface area contributed by atoms with Crippen molar-refractivity contribution in [2.75, 3.05) is 7.11 Å². The van der Waals surface area contributed by atoms with Crippen molar-refractivity contribution in [3.05, 3.63) is 64.2 Å². The highest BCUT2D eigenvalue weighted by Crippen LogP contribution is 2.22. The minimum atomic E-state index is 0.152. The molecule has 21 heavy (non-hydrogen) atoms. The minimum absolute atomic E-state index is 0.152. The first-order chi connectivity index (χ1) is 10.1. The molecule has 1 N–H and O–H groups in total. The number of nitrogens with one attached hydrogen (secondary N) is 1. The number of ether oxygens (including phenoxy) is 1. The molecule has 0 aliphatic carbocycles. The number of hydrogen-bond donors (Lipinski definition) is 1. The molecule has 0 amide bonds. The molecule has 0 saturated heterocycles. The lowest BCUT2D eigenvalue weighted by atomic mass is 10.1. The summed E-state index contributed by atoms with van der Waals surface area (Å²) in [5.41, 5.74) is 2.71. The maximum Gasteiger partial charge on any atom is 0.123 e. The lowest BCUT2D eigenvalue weighted by Crippen LogP contribution is -2.18. The molecule has 0 heterocycles. The number of rotatable bonds is 5. The van der Waals surface area contributed by atoms with Gasteiger partial charge in [-0.2, -0.15) is 5.26 Å². The van der Waals surface area contributed by atoms with E-state index >= 15 is 0 Å². The van der Waals surface area contributed by atoms with Crippen molar-refractivity contribution in [2.24, 2.45) is 0 Å². The van der Waals surface area contributed by atoms with Gasteiger partial charge >= 0.3 is 0 Å². The van der Waals surface area contributed by atoms with Gasteiger partial charge in [-0.3, -0.25) is 0 Å². The van der Waals surface area contributed by atoms with Crippen molar-refractivity contribution in [1.82, 2.24) is 5.32 Å². The maximum absolute atomic E-state index is 8.99. The lowest BCUT2D eigenvalue weighted by molar-refractivity contribution is 0.406. The van der Waals surface area contributed by atoms with Crippen molar-refractivity contribution in [1.29, 1.82) is 5.26 Å². The Morgan fingerprint density at radius 1 is 1.29 bits per heavy atom. The Balaban J connectivity index is 2.10. The van der Waals surface area contributed by atoms with E-state index in [1.54, 1.807) is 13.2 Å². The summed E-state index contributed by atoms with van der Waals surface area (Å²) in [4.78, 5) is 0. The van der Waals surface area contributed by atoms with Crippen molar-refractivity contribution < 1.29 is 4.74 Å². The quantitative estimate of drug-likeness (QED) is 0.905. The number of benzene rings is 2. The van der Waals surface area contributed by atoms with Gasteiger partial charge < -0.3 is 10.1 Å². The van der Waals surface area contributed by atoms with Crippen LogP contribution in [-0.4, -0.2) is 7.11 Å². The molecule has 0 fully saturated rings. The van der Waals surface area contributed by atoms with Crippen LogP contribution in [0.1, 0.15) is 29.7 Å². The molecule has 0 bridgehead atoms. The first kappa shape index (κ1) is 15.4. The largest absolute Gasteiger partial charge is 0.496 e. The first-order valence-electron chi connectivity index (χ1n) is 6.70. The summed E-state index contributed by atoms with van der Waals surface area (Å²) >= 11 is 6.01. The number of hydrogen-bond acceptors (Lipinski definition) is 3. The fourth-order valence-corrected chi connectivity index (χ4v) is 2.34. The Morgan fingerprint density at radius 2 is 2.10 bits per heavy atom. The second-order valence-corrected chi connectivity index (χ2v) is 5.23. The minimum Gasteiger partial charge on any atom is -0.496 e. The van der Waals surface area contributed by atoms with E-state index in [0.29, 0.717) is 12.1 Å². The summed E-state index contributed by atoms with van der Waals surface area (Å²) in [6, 6.07) is 15.5. The van der Waals surface area contributed by atoms with Crippen LogP contribution in [0.15, 0.2) is 42.5 Å². The Kier molecular flexibility index (Phi) is 5.21. The second kappa shape index (κ2) is 7.12. The van der Waals surface area contributed by atoms with Crippen molar-refractivity contribution in [2.45, 2.75) is 19.5 Å². The van der Waals surface area contributed by atoms with Crippen LogP contribution in [0.4, 0.5) is 0 Å². The third-order valence-corrected chi connectivity index (χ3v) is 3.59. The average Bonchev–Trinajstić information content (AvgIpc) is 2.52. The molecule has 1 unspecified atom stereocenters. The van der Waals surface area contributed by atoms with Crippen LogP contribution < -0.4 is 10.1 Å². The summed E-state index contributed by atoms with van der Waals surface area (Å²) in [7, 11) is 1.63. The molecule has 0 aliphatic rings. The molecule has 3 nitrogen and oxygen atoms in total. The summed E-state index contributed by atoms with van der Waals surface area (Å²) in [6.45, 7) is 2.69. The molecule has 108 valence electrons. The highest BCUT2D eigenvalue weighted by molar-refractivity contribution is 6.30. The zero-order valence-corrected chi connectivity index (χ0v) is 12.8. The van der Waals surface area contributed by atoms with E-state index in [1.165, 1.54) is 0 Å². The molecule has 0 aliphatic heterocycles. The van der Waals surface area contributed by atoms with E-state index in [-0.39, 0.29) is 6.04 Å². The number of methoxy groups -OCH3 is 1. The normalized spacial score (nSPS) is 11.7. The highest BCUT2D eigenvalue weighted by atomic mass is 35.5. The molecule has 2 rings (SSSR count). The third kappa shape index (κ3) is 3.98. The van der Waals surface area contributed by atoms with Gasteiger partial charge in [0.2, 0.25) is 0 Å². The topological polar surface area (TPSA) is 45.0 Å². The number of halogens is 1. The Hall–Kier alpha value is -2.02. The van der Waals surface area contributed by atoms with E-state index in [4.69, 9.17) is 21.6 Å². The van der Waals surface area contributed by atoms with Gasteiger partial charge in [-0.05, 0) is 42.8 Å². The van der Waals surface area contributed by atoms with Crippen LogP contribution in [0.3, 0.4) is 0 Å². The molecule has 2 aromatic rings. The molecular formula is C17H17ClN2O. The standard InChI is InChI=1S/C17H17ClN2O/c1-12(14-4-3-5-16(18)9-14)20-11-15-8-13(10-19)6-7-17(15)21-2/h3-9,12,20H,11H2,1-2H3. The zero-order valence-electron chi connectivity index (χ0n) is 12.1. The van der Waals surface area contributed by atoms with Crippen LogP contribution in [-0.2, 0) is 6.54 Å². The fraction of sp³-hybridized carbons (Fsp3) is 0.235. The van der Waals surface area contributed by atoms with Crippen molar-refractivity contribution in [3.63, 3.8) is 0 Å². The van der Waals surface area contributed by atoms with Crippen molar-refractivity contribution in [3.8, 4) is 11.8 Å². The Labute approximate surface area is 130 Å². The van der Waals surface area contributed by atoms with Crippen LogP contribution in [0.5, 0.6) is 5.75 Å². The average molecular weight is 301 g/mol. The number of nitriles is 1. The summed E-state index contributed by atoms with van der Waals surface area (Å²) < 4.78 is 5.33. The van der Waals surface area contributed by atoms with Gasteiger partial charge in [-0.15, -0.1) is 0 Å². The zero-order chi connectivity index (χ0) is 15.2. The third-order valence-electron chi connectivity index (χ3n) is 3.36. The predicted molar refractivity (Wildman–Crippen MR) is 84.4 cm³/mol. The molecule has 0 aromatic heterocycles. The molecule has 0 saturated carbocycles. The van der Waals surface area contributed by atoms with Gasteiger partial charge in [0.05, 0.1) is 18.7 Å². The molecule has 4 heteroatoms. The van der Waals surface area contributed by atoms with Crippen LogP contribution >= 0.6 is 11.6 Å². The predicted octanol–water partition coefficient (Wildman–Crippen LogP) is 4.07. The van der Waals surface area contributed by atoms with E-state index in [9.17, 15) is 0 Å². The van der Waals surface area contributed by atoms with Gasteiger partial charge in [0.1, 0.15) is 5.75 Å². The molecule has 1 atom stereocenters. The van der Waals surface area contributed by atoms with Crippen molar-refractivity contribution >= 4 is 11.6 Å². The van der Waals surface area contributed by atoms with E-state index in [2.05, 4.69) is 18.3 Å². The van der Waals surface area contributed by atoms with Gasteiger partial charge in [0.15, 0.2) is 0 Å². The van der Waals surface area contributed by atoms with E-state index in [1.807, 2.05) is 36.4 Å². The second-order valence-electron chi connectivity index (χ2n) is 4.80. The lowest BCUT2D eigenvalue weighted by Gasteiger charge is -2.16. The maximum atomic E-state index is 8.99. The fourth-order valence-electron chi connectivity index (χ4n) is 2.14. The van der Waals surface area contributed by atoms with Gasteiger partial charge in [-0.1, -0.05) is 23.7 Å². The smallest absolute Gasteiger partial charge is 0.123 e. The first-order valence-corrected chi connectivity index (χ1v) is 7.07. The number of nitrogens with zero attached hydrogens (tertiary/aromatic N) is 1. The monoisotopic (exact) mass is 300 g/mol. The molecular weight excluding hydrogens is 284 g/mol. The van der Waals surface area contributed by atoms with Gasteiger partial charge in [0, 0.05) is 23.2 Å². The SMILES string of the molecule is COc1ccc(C#N)cc1CNC(C)c1cccc(Cl)c1. The molecule has 2 aromatic carbocycles.